The molecule has 1 aromatic rings. The van der Waals surface area contributed by atoms with Crippen LogP contribution in [0.4, 0.5) is 0 Å². The minimum atomic E-state index is -0.375. The van der Waals surface area contributed by atoms with Crippen LogP contribution in [0, 0.1) is 0 Å². The number of nitrogens with one attached hydrogen (secondary N) is 1. The summed E-state index contributed by atoms with van der Waals surface area (Å²) in [6.07, 6.45) is 0.766. The largest absolute Gasteiger partial charge is 0.367 e. The Labute approximate surface area is 89.4 Å². The fourth-order valence-corrected chi connectivity index (χ4v) is 1.04. The summed E-state index contributed by atoms with van der Waals surface area (Å²) in [4.78, 5) is 16.2. The van der Waals surface area contributed by atoms with E-state index < -0.39 is 0 Å². The molecule has 0 aliphatic rings. The molecule has 0 unspecified atom stereocenters. The van der Waals surface area contributed by atoms with Gasteiger partial charge in [-0.1, -0.05) is 18.2 Å². The highest BCUT2D eigenvalue weighted by Gasteiger charge is 2.05. The molecule has 0 radical (unpaired) electrons. The Morgan fingerprint density at radius 3 is 2.73 bits per heavy atom. The molecule has 4 heteroatoms. The van der Waals surface area contributed by atoms with Crippen LogP contribution in [0.2, 0.25) is 0 Å². The zero-order chi connectivity index (χ0) is 11.1. The maximum Gasteiger partial charge on any atom is 0.356 e. The summed E-state index contributed by atoms with van der Waals surface area (Å²) in [5.41, 5.74) is 8.66. The van der Waals surface area contributed by atoms with Crippen molar-refractivity contribution in [3.8, 4) is 0 Å². The van der Waals surface area contributed by atoms with Gasteiger partial charge in [-0.15, -0.1) is 0 Å². The molecule has 0 aromatic heterocycles. The number of benzene rings is 1. The highest BCUT2D eigenvalue weighted by molar-refractivity contribution is 5.89. The average Bonchev–Trinajstić information content (AvgIpc) is 2.25. The van der Waals surface area contributed by atoms with E-state index >= 15 is 0 Å². The molecule has 0 amide bonds. The van der Waals surface area contributed by atoms with Gasteiger partial charge in [-0.3, -0.25) is 0 Å². The van der Waals surface area contributed by atoms with Crippen LogP contribution in [-0.4, -0.2) is 18.6 Å². The van der Waals surface area contributed by atoms with Gasteiger partial charge in [0.15, 0.2) is 0 Å². The van der Waals surface area contributed by atoms with E-state index in [1.54, 1.807) is 24.3 Å². The summed E-state index contributed by atoms with van der Waals surface area (Å²) in [6.45, 7) is 2.47. The fraction of sp³-hybridized carbons (Fsp3) is 0.364. The maximum atomic E-state index is 11.4. The Kier molecular flexibility index (Phi) is 4.80. The van der Waals surface area contributed by atoms with E-state index in [0.29, 0.717) is 12.1 Å². The number of carbonyl (C=O) groups excluding carboxylic acids is 1. The lowest BCUT2D eigenvalue weighted by Crippen LogP contribution is -2.26. The van der Waals surface area contributed by atoms with Crippen molar-refractivity contribution in [1.29, 1.82) is 0 Å². The van der Waals surface area contributed by atoms with Crippen molar-refractivity contribution in [2.75, 3.05) is 6.54 Å². The van der Waals surface area contributed by atoms with Crippen LogP contribution in [0.3, 0.4) is 0 Å². The third-order valence-electron chi connectivity index (χ3n) is 1.88. The van der Waals surface area contributed by atoms with E-state index in [2.05, 4.69) is 5.48 Å². The molecule has 0 saturated carbocycles. The molecule has 3 N–H and O–H groups in total. The smallest absolute Gasteiger partial charge is 0.356 e. The van der Waals surface area contributed by atoms with E-state index in [1.165, 1.54) is 0 Å². The van der Waals surface area contributed by atoms with Crippen molar-refractivity contribution in [1.82, 2.24) is 5.48 Å². The van der Waals surface area contributed by atoms with Crippen molar-refractivity contribution in [2.24, 2.45) is 5.73 Å². The Balaban J connectivity index is 2.25. The van der Waals surface area contributed by atoms with E-state index in [1.807, 2.05) is 13.0 Å². The Morgan fingerprint density at radius 1 is 1.47 bits per heavy atom. The third-order valence-corrected chi connectivity index (χ3v) is 1.88. The number of carbonyl (C=O) groups is 1. The molecular formula is C11H16N2O2. The molecule has 0 bridgehead atoms. The predicted molar refractivity (Wildman–Crippen MR) is 58.1 cm³/mol. The average molecular weight is 208 g/mol. The normalized spacial score (nSPS) is 12.1. The van der Waals surface area contributed by atoms with E-state index in [9.17, 15) is 4.79 Å². The molecule has 1 atom stereocenters. The lowest BCUT2D eigenvalue weighted by atomic mass is 10.2. The molecule has 1 rings (SSSR count). The number of hydrogen-bond acceptors (Lipinski definition) is 4. The summed E-state index contributed by atoms with van der Waals surface area (Å²) in [7, 11) is 0. The van der Waals surface area contributed by atoms with Crippen molar-refractivity contribution in [3.63, 3.8) is 0 Å². The highest BCUT2D eigenvalue weighted by Crippen LogP contribution is 1.99. The number of hydrogen-bond donors (Lipinski definition) is 2. The zero-order valence-corrected chi connectivity index (χ0v) is 8.77. The van der Waals surface area contributed by atoms with Crippen LogP contribution in [-0.2, 0) is 4.84 Å². The zero-order valence-electron chi connectivity index (χ0n) is 8.77. The Bertz CT molecular complexity index is 299. The predicted octanol–water partition coefficient (Wildman–Crippen LogP) is 1.09. The molecule has 82 valence electrons. The number of rotatable bonds is 5. The van der Waals surface area contributed by atoms with Crippen LogP contribution in [0.25, 0.3) is 0 Å². The van der Waals surface area contributed by atoms with Crippen LogP contribution in [0.5, 0.6) is 0 Å². The standard InChI is InChI=1S/C11H16N2O2/c1-9(12)7-8-13-15-11(14)10-5-3-2-4-6-10/h2-6,9,13H,7-8,12H2,1H3/t9-/m1/s1. The number of nitrogens with two attached hydrogens (primary N) is 1. The van der Waals surface area contributed by atoms with E-state index in [-0.39, 0.29) is 12.0 Å². The van der Waals surface area contributed by atoms with Gasteiger partial charge in [0.05, 0.1) is 5.56 Å². The molecule has 0 saturated heterocycles. The molecule has 0 aliphatic carbocycles. The lowest BCUT2D eigenvalue weighted by Gasteiger charge is -2.07. The van der Waals surface area contributed by atoms with Crippen molar-refractivity contribution in [3.05, 3.63) is 35.9 Å². The molecular weight excluding hydrogens is 192 g/mol. The summed E-state index contributed by atoms with van der Waals surface area (Å²) in [6, 6.07) is 8.94. The fourth-order valence-electron chi connectivity index (χ4n) is 1.04. The number of hydroxylamine groups is 1. The summed E-state index contributed by atoms with van der Waals surface area (Å²) < 4.78 is 0. The van der Waals surface area contributed by atoms with Gasteiger partial charge in [-0.25, -0.2) is 4.79 Å². The van der Waals surface area contributed by atoms with Crippen molar-refractivity contribution in [2.45, 2.75) is 19.4 Å². The first-order valence-corrected chi connectivity index (χ1v) is 4.95. The van der Waals surface area contributed by atoms with Crippen molar-refractivity contribution < 1.29 is 9.63 Å². The van der Waals surface area contributed by atoms with Gasteiger partial charge in [0.1, 0.15) is 0 Å². The SMILES string of the molecule is C[C@@H](N)CCNOC(=O)c1ccccc1. The molecule has 4 nitrogen and oxygen atoms in total. The van der Waals surface area contributed by atoms with Crippen LogP contribution in [0.15, 0.2) is 30.3 Å². The minimum absolute atomic E-state index is 0.105. The third kappa shape index (κ3) is 4.58. The van der Waals surface area contributed by atoms with E-state index in [0.717, 1.165) is 6.42 Å². The van der Waals surface area contributed by atoms with Gasteiger partial charge in [-0.05, 0) is 25.5 Å². The van der Waals surface area contributed by atoms with Gasteiger partial charge in [0.2, 0.25) is 0 Å². The maximum absolute atomic E-state index is 11.4. The highest BCUT2D eigenvalue weighted by atomic mass is 16.7. The first-order valence-electron chi connectivity index (χ1n) is 4.95. The van der Waals surface area contributed by atoms with Crippen molar-refractivity contribution >= 4 is 5.97 Å². The van der Waals surface area contributed by atoms with Crippen LogP contribution >= 0.6 is 0 Å². The molecule has 0 spiro atoms. The Hall–Kier alpha value is -1.39. The molecule has 0 heterocycles. The summed E-state index contributed by atoms with van der Waals surface area (Å²) in [5.74, 6) is -0.375. The minimum Gasteiger partial charge on any atom is -0.367 e. The van der Waals surface area contributed by atoms with Gasteiger partial charge in [0.25, 0.3) is 0 Å². The molecule has 0 fully saturated rings. The summed E-state index contributed by atoms with van der Waals surface area (Å²) >= 11 is 0. The molecule has 1 aromatic carbocycles. The van der Waals surface area contributed by atoms with Crippen LogP contribution in [0.1, 0.15) is 23.7 Å². The first kappa shape index (κ1) is 11.7. The van der Waals surface area contributed by atoms with Gasteiger partial charge in [-0.2, -0.15) is 5.48 Å². The monoisotopic (exact) mass is 208 g/mol. The molecule has 15 heavy (non-hydrogen) atoms. The first-order chi connectivity index (χ1) is 7.20. The second-order valence-electron chi connectivity index (χ2n) is 3.42. The van der Waals surface area contributed by atoms with Crippen LogP contribution < -0.4 is 11.2 Å². The molecule has 0 aliphatic heterocycles. The summed E-state index contributed by atoms with van der Waals surface area (Å²) in [5, 5.41) is 0. The lowest BCUT2D eigenvalue weighted by molar-refractivity contribution is 0.0249. The second kappa shape index (κ2) is 6.16. The topological polar surface area (TPSA) is 64.3 Å². The Morgan fingerprint density at radius 2 is 2.13 bits per heavy atom. The van der Waals surface area contributed by atoms with E-state index in [4.69, 9.17) is 10.6 Å². The van der Waals surface area contributed by atoms with Gasteiger partial charge < -0.3 is 10.6 Å². The van der Waals surface area contributed by atoms with Gasteiger partial charge in [0, 0.05) is 12.6 Å². The van der Waals surface area contributed by atoms with Gasteiger partial charge >= 0.3 is 5.97 Å². The quantitative estimate of drug-likeness (QED) is 0.561. The second-order valence-corrected chi connectivity index (χ2v) is 3.42.